The maximum Gasteiger partial charge on any atom is 0.230 e. The molecular formula is C22H27ClN4O. The molecule has 28 heavy (non-hydrogen) atoms. The normalized spacial score (nSPS) is 18.7. The molecule has 0 bridgehead atoms. The molecule has 0 spiro atoms. The SMILES string of the molecule is CCN1CCN(c2ccc(CNC(=O)C3(c4cccc(Cl)c4)CC3)cn2)CC1. The molecule has 1 aliphatic carbocycles. The molecule has 0 atom stereocenters. The van der Waals surface area contributed by atoms with E-state index >= 15 is 0 Å². The van der Waals surface area contributed by atoms with E-state index in [1.54, 1.807) is 0 Å². The van der Waals surface area contributed by atoms with E-state index in [2.05, 4.69) is 39.2 Å². The van der Waals surface area contributed by atoms with Crippen molar-refractivity contribution in [1.82, 2.24) is 15.2 Å². The fourth-order valence-electron chi connectivity index (χ4n) is 3.91. The molecule has 1 aliphatic heterocycles. The van der Waals surface area contributed by atoms with E-state index in [0.29, 0.717) is 11.6 Å². The Bertz CT molecular complexity index is 827. The lowest BCUT2D eigenvalue weighted by Crippen LogP contribution is -2.46. The van der Waals surface area contributed by atoms with Crippen molar-refractivity contribution >= 4 is 23.3 Å². The zero-order valence-electron chi connectivity index (χ0n) is 16.3. The molecule has 6 heteroatoms. The summed E-state index contributed by atoms with van der Waals surface area (Å²) in [5, 5.41) is 3.77. The van der Waals surface area contributed by atoms with Gasteiger partial charge in [0.25, 0.3) is 0 Å². The van der Waals surface area contributed by atoms with Gasteiger partial charge < -0.3 is 15.1 Å². The van der Waals surface area contributed by atoms with Crippen molar-refractivity contribution in [1.29, 1.82) is 0 Å². The highest BCUT2D eigenvalue weighted by Gasteiger charge is 2.51. The van der Waals surface area contributed by atoms with Crippen molar-refractivity contribution in [3.05, 3.63) is 58.7 Å². The minimum Gasteiger partial charge on any atom is -0.354 e. The second-order valence-corrected chi connectivity index (χ2v) is 8.16. The standard InChI is InChI=1S/C22H27ClN4O/c1-2-26-10-12-27(13-11-26)20-7-6-17(15-24-20)16-25-21(28)22(8-9-22)18-4-3-5-19(23)14-18/h3-7,14-15H,2,8-13,16H2,1H3,(H,25,28). The molecule has 2 aromatic rings. The second-order valence-electron chi connectivity index (χ2n) is 7.72. The van der Waals surface area contributed by atoms with Gasteiger partial charge in [-0.3, -0.25) is 4.79 Å². The summed E-state index contributed by atoms with van der Waals surface area (Å²) in [5.74, 6) is 1.10. The smallest absolute Gasteiger partial charge is 0.230 e. The Morgan fingerprint density at radius 2 is 1.96 bits per heavy atom. The minimum absolute atomic E-state index is 0.0783. The van der Waals surface area contributed by atoms with Crippen molar-refractivity contribution in [2.24, 2.45) is 0 Å². The number of piperazine rings is 1. The Kier molecular flexibility index (Phi) is 5.56. The first kappa shape index (κ1) is 19.2. The molecule has 4 rings (SSSR count). The van der Waals surface area contributed by atoms with Gasteiger partial charge in [-0.05, 0) is 48.7 Å². The van der Waals surface area contributed by atoms with Crippen molar-refractivity contribution < 1.29 is 4.79 Å². The Hall–Kier alpha value is -2.11. The largest absolute Gasteiger partial charge is 0.354 e. The number of pyridine rings is 1. The highest BCUT2D eigenvalue weighted by molar-refractivity contribution is 6.30. The molecule has 148 valence electrons. The number of aromatic nitrogens is 1. The van der Waals surface area contributed by atoms with Crippen molar-refractivity contribution in [2.75, 3.05) is 37.6 Å². The van der Waals surface area contributed by atoms with Gasteiger partial charge in [0.15, 0.2) is 0 Å². The predicted octanol–water partition coefficient (Wildman–Crippen LogP) is 3.22. The van der Waals surface area contributed by atoms with E-state index in [9.17, 15) is 4.79 Å². The first-order valence-corrected chi connectivity index (χ1v) is 10.4. The average Bonchev–Trinajstić information content (AvgIpc) is 3.55. The molecule has 1 saturated carbocycles. The predicted molar refractivity (Wildman–Crippen MR) is 113 cm³/mol. The van der Waals surface area contributed by atoms with Crippen molar-refractivity contribution in [3.8, 4) is 0 Å². The quantitative estimate of drug-likeness (QED) is 0.811. The molecular weight excluding hydrogens is 372 g/mol. The van der Waals surface area contributed by atoms with Gasteiger partial charge in [0.2, 0.25) is 5.91 Å². The zero-order valence-corrected chi connectivity index (χ0v) is 17.1. The Labute approximate surface area is 171 Å². The number of nitrogens with zero attached hydrogens (tertiary/aromatic N) is 3. The summed E-state index contributed by atoms with van der Waals surface area (Å²) in [6, 6.07) is 11.8. The van der Waals surface area contributed by atoms with Gasteiger partial charge in [0.05, 0.1) is 5.41 Å². The van der Waals surface area contributed by atoms with Gasteiger partial charge in [-0.15, -0.1) is 0 Å². The number of amides is 1. The van der Waals surface area contributed by atoms with E-state index in [1.165, 1.54) is 0 Å². The van der Waals surface area contributed by atoms with Crippen LogP contribution in [0.4, 0.5) is 5.82 Å². The molecule has 1 amide bonds. The van der Waals surface area contributed by atoms with E-state index in [-0.39, 0.29) is 5.91 Å². The maximum atomic E-state index is 12.8. The van der Waals surface area contributed by atoms with Gasteiger partial charge >= 0.3 is 0 Å². The van der Waals surface area contributed by atoms with Crippen LogP contribution in [-0.2, 0) is 16.8 Å². The lowest BCUT2D eigenvalue weighted by molar-refractivity contribution is -0.123. The van der Waals surface area contributed by atoms with Crippen LogP contribution in [0.1, 0.15) is 30.9 Å². The number of carbonyl (C=O) groups excluding carboxylic acids is 1. The molecule has 1 N–H and O–H groups in total. The lowest BCUT2D eigenvalue weighted by Gasteiger charge is -2.34. The molecule has 2 aliphatic rings. The number of hydrogen-bond donors (Lipinski definition) is 1. The lowest BCUT2D eigenvalue weighted by atomic mass is 9.95. The maximum absolute atomic E-state index is 12.8. The van der Waals surface area contributed by atoms with Crippen LogP contribution < -0.4 is 10.2 Å². The Morgan fingerprint density at radius 1 is 1.18 bits per heavy atom. The van der Waals surface area contributed by atoms with Crippen LogP contribution in [0.25, 0.3) is 0 Å². The molecule has 0 unspecified atom stereocenters. The summed E-state index contributed by atoms with van der Waals surface area (Å²) in [6.07, 6.45) is 3.63. The molecule has 1 saturated heterocycles. The number of benzene rings is 1. The number of halogens is 1. The van der Waals surface area contributed by atoms with Gasteiger partial charge in [-0.25, -0.2) is 4.98 Å². The Morgan fingerprint density at radius 3 is 2.57 bits per heavy atom. The number of nitrogens with one attached hydrogen (secondary N) is 1. The van der Waals surface area contributed by atoms with E-state index in [4.69, 9.17) is 11.6 Å². The number of likely N-dealkylation sites (N-methyl/N-ethyl adjacent to an activating group) is 1. The average molecular weight is 399 g/mol. The van der Waals surface area contributed by atoms with Gasteiger partial charge in [0.1, 0.15) is 5.82 Å². The summed E-state index contributed by atoms with van der Waals surface area (Å²) >= 11 is 6.10. The van der Waals surface area contributed by atoms with Crippen LogP contribution >= 0.6 is 11.6 Å². The third kappa shape index (κ3) is 4.01. The van der Waals surface area contributed by atoms with Crippen LogP contribution in [0, 0.1) is 0 Å². The van der Waals surface area contributed by atoms with Gasteiger partial charge in [-0.2, -0.15) is 0 Å². The Balaban J connectivity index is 1.33. The molecule has 2 heterocycles. The van der Waals surface area contributed by atoms with Crippen molar-refractivity contribution in [3.63, 3.8) is 0 Å². The monoisotopic (exact) mass is 398 g/mol. The van der Waals surface area contributed by atoms with E-state index in [1.807, 2.05) is 30.5 Å². The first-order chi connectivity index (χ1) is 13.6. The number of hydrogen-bond acceptors (Lipinski definition) is 4. The second kappa shape index (κ2) is 8.10. The van der Waals surface area contributed by atoms with Gasteiger partial charge in [-0.1, -0.05) is 36.7 Å². The number of anilines is 1. The summed E-state index contributed by atoms with van der Waals surface area (Å²) in [4.78, 5) is 22.2. The molecule has 1 aromatic carbocycles. The third-order valence-corrected chi connectivity index (χ3v) is 6.20. The highest BCUT2D eigenvalue weighted by atomic mass is 35.5. The number of carbonyl (C=O) groups is 1. The zero-order chi connectivity index (χ0) is 19.6. The molecule has 5 nitrogen and oxygen atoms in total. The van der Waals surface area contributed by atoms with Crippen LogP contribution in [-0.4, -0.2) is 48.5 Å². The van der Waals surface area contributed by atoms with Crippen LogP contribution in [0.2, 0.25) is 5.02 Å². The van der Waals surface area contributed by atoms with E-state index < -0.39 is 5.41 Å². The fraction of sp³-hybridized carbons (Fsp3) is 0.455. The molecule has 0 radical (unpaired) electrons. The summed E-state index contributed by atoms with van der Waals surface area (Å²) in [5.41, 5.74) is 1.63. The third-order valence-electron chi connectivity index (χ3n) is 5.97. The number of rotatable bonds is 6. The van der Waals surface area contributed by atoms with Gasteiger partial charge in [0, 0.05) is 43.9 Å². The van der Waals surface area contributed by atoms with E-state index in [0.717, 1.165) is 62.5 Å². The topological polar surface area (TPSA) is 48.5 Å². The summed E-state index contributed by atoms with van der Waals surface area (Å²) in [7, 11) is 0. The molecule has 2 fully saturated rings. The van der Waals surface area contributed by atoms with Crippen molar-refractivity contribution in [2.45, 2.75) is 31.7 Å². The first-order valence-electron chi connectivity index (χ1n) is 10.1. The van der Waals surface area contributed by atoms with Crippen LogP contribution in [0.3, 0.4) is 0 Å². The molecule has 1 aromatic heterocycles. The van der Waals surface area contributed by atoms with Crippen LogP contribution in [0.15, 0.2) is 42.6 Å². The summed E-state index contributed by atoms with van der Waals surface area (Å²) < 4.78 is 0. The van der Waals surface area contributed by atoms with Crippen LogP contribution in [0.5, 0.6) is 0 Å². The minimum atomic E-state index is -0.406. The summed E-state index contributed by atoms with van der Waals surface area (Å²) in [6.45, 7) is 8.01. The fourth-order valence-corrected chi connectivity index (χ4v) is 4.10. The highest BCUT2D eigenvalue weighted by Crippen LogP contribution is 2.48.